The van der Waals surface area contributed by atoms with E-state index in [1.807, 2.05) is 18.2 Å². The zero-order chi connectivity index (χ0) is 18.4. The second-order valence-electron chi connectivity index (χ2n) is 6.42. The van der Waals surface area contributed by atoms with Gasteiger partial charge >= 0.3 is 0 Å². The van der Waals surface area contributed by atoms with Crippen molar-refractivity contribution in [2.45, 2.75) is 45.6 Å². The first kappa shape index (κ1) is 18.3. The van der Waals surface area contributed by atoms with Gasteiger partial charge in [0.05, 0.1) is 11.7 Å². The molecule has 26 heavy (non-hydrogen) atoms. The number of aryl methyl sites for hydroxylation is 2. The van der Waals surface area contributed by atoms with Gasteiger partial charge in [-0.3, -0.25) is 4.79 Å². The molecule has 0 aliphatic carbocycles. The number of hydrogen-bond donors (Lipinski definition) is 2. The molecule has 138 valence electrons. The fourth-order valence-electron chi connectivity index (χ4n) is 3.14. The van der Waals surface area contributed by atoms with Gasteiger partial charge in [0.2, 0.25) is 5.95 Å². The molecule has 6 heteroatoms. The molecule has 3 rings (SSSR count). The first-order chi connectivity index (χ1) is 12.7. The number of carbonyl (C=O) groups is 1. The fraction of sp³-hybridized carbons (Fsp3) is 0.450. The van der Waals surface area contributed by atoms with Crippen LogP contribution in [0.25, 0.3) is 0 Å². The van der Waals surface area contributed by atoms with Crippen molar-refractivity contribution in [1.29, 1.82) is 0 Å². The number of carbonyl (C=O) groups excluding carboxylic acids is 1. The summed E-state index contributed by atoms with van der Waals surface area (Å²) < 4.78 is 5.56. The van der Waals surface area contributed by atoms with Crippen LogP contribution in [0.15, 0.2) is 30.6 Å². The predicted octanol–water partition coefficient (Wildman–Crippen LogP) is 3.44. The Morgan fingerprint density at radius 2 is 1.88 bits per heavy atom. The van der Waals surface area contributed by atoms with Crippen molar-refractivity contribution in [3.63, 3.8) is 0 Å². The first-order valence-electron chi connectivity index (χ1n) is 9.30. The van der Waals surface area contributed by atoms with E-state index < -0.39 is 0 Å². The standard InChI is InChI=1S/C20H26N4O2/c1-3-14-7-5-8-15(4-2)18(14)24-19(25)16-11-21-20(22-12-16)23-13-17-9-6-10-26-17/h5,7-8,11-12,17H,3-4,6,9-10,13H2,1-2H3,(H,24,25)(H,21,22,23). The number of amides is 1. The van der Waals surface area contributed by atoms with E-state index in [1.165, 1.54) is 0 Å². The lowest BCUT2D eigenvalue weighted by atomic mass is 10.0. The summed E-state index contributed by atoms with van der Waals surface area (Å²) in [5.74, 6) is 0.325. The molecule has 2 N–H and O–H groups in total. The third-order valence-corrected chi connectivity index (χ3v) is 4.66. The van der Waals surface area contributed by atoms with Crippen molar-refractivity contribution in [2.24, 2.45) is 0 Å². The van der Waals surface area contributed by atoms with Crippen molar-refractivity contribution in [3.05, 3.63) is 47.3 Å². The first-order valence-corrected chi connectivity index (χ1v) is 9.30. The second-order valence-corrected chi connectivity index (χ2v) is 6.42. The average Bonchev–Trinajstić information content (AvgIpc) is 3.20. The summed E-state index contributed by atoms with van der Waals surface area (Å²) >= 11 is 0. The Morgan fingerprint density at radius 1 is 1.19 bits per heavy atom. The van der Waals surface area contributed by atoms with E-state index in [-0.39, 0.29) is 12.0 Å². The molecular formula is C20H26N4O2. The molecule has 1 aliphatic rings. The van der Waals surface area contributed by atoms with Crippen molar-refractivity contribution < 1.29 is 9.53 Å². The largest absolute Gasteiger partial charge is 0.376 e. The Morgan fingerprint density at radius 3 is 2.46 bits per heavy atom. The van der Waals surface area contributed by atoms with Crippen LogP contribution >= 0.6 is 0 Å². The summed E-state index contributed by atoms with van der Waals surface area (Å²) in [5, 5.41) is 6.19. The summed E-state index contributed by atoms with van der Waals surface area (Å²) in [6, 6.07) is 6.12. The smallest absolute Gasteiger partial charge is 0.258 e. The molecule has 1 saturated heterocycles. The zero-order valence-corrected chi connectivity index (χ0v) is 15.4. The summed E-state index contributed by atoms with van der Waals surface area (Å²) in [7, 11) is 0. The topological polar surface area (TPSA) is 76.1 Å². The van der Waals surface area contributed by atoms with Crippen molar-refractivity contribution in [2.75, 3.05) is 23.8 Å². The molecule has 1 aromatic carbocycles. The highest BCUT2D eigenvalue weighted by atomic mass is 16.5. The van der Waals surface area contributed by atoms with Crippen LogP contribution in [-0.4, -0.2) is 35.1 Å². The minimum absolute atomic E-state index is 0.189. The minimum atomic E-state index is -0.189. The van der Waals surface area contributed by atoms with Gasteiger partial charge in [0, 0.05) is 31.2 Å². The molecule has 1 unspecified atom stereocenters. The number of para-hydroxylation sites is 1. The summed E-state index contributed by atoms with van der Waals surface area (Å²) in [6.45, 7) is 5.69. The quantitative estimate of drug-likeness (QED) is 0.796. The third kappa shape index (κ3) is 4.38. The lowest BCUT2D eigenvalue weighted by Gasteiger charge is -2.14. The van der Waals surface area contributed by atoms with Gasteiger partial charge in [-0.05, 0) is 36.8 Å². The SMILES string of the molecule is CCc1cccc(CC)c1NC(=O)c1cnc(NCC2CCCO2)nc1. The predicted molar refractivity (Wildman–Crippen MR) is 103 cm³/mol. The molecule has 2 heterocycles. The molecular weight excluding hydrogens is 328 g/mol. The Hall–Kier alpha value is -2.47. The van der Waals surface area contributed by atoms with Crippen LogP contribution in [0, 0.1) is 0 Å². The Balaban J connectivity index is 1.65. The highest BCUT2D eigenvalue weighted by molar-refractivity contribution is 6.04. The molecule has 0 radical (unpaired) electrons. The van der Waals surface area contributed by atoms with Crippen molar-refractivity contribution in [3.8, 4) is 0 Å². The molecule has 1 aromatic heterocycles. The Bertz CT molecular complexity index is 718. The number of aromatic nitrogens is 2. The van der Waals surface area contributed by atoms with Gasteiger partial charge in [-0.2, -0.15) is 0 Å². The average molecular weight is 354 g/mol. The van der Waals surface area contributed by atoms with E-state index in [2.05, 4.69) is 34.4 Å². The van der Waals surface area contributed by atoms with Gasteiger partial charge < -0.3 is 15.4 Å². The van der Waals surface area contributed by atoms with Gasteiger partial charge in [0.25, 0.3) is 5.91 Å². The van der Waals surface area contributed by atoms with Crippen LogP contribution in [0.4, 0.5) is 11.6 Å². The van der Waals surface area contributed by atoms with Crippen LogP contribution < -0.4 is 10.6 Å². The van der Waals surface area contributed by atoms with Gasteiger partial charge in [-0.1, -0.05) is 32.0 Å². The number of benzene rings is 1. The summed E-state index contributed by atoms with van der Waals surface area (Å²) in [5.41, 5.74) is 3.62. The van der Waals surface area contributed by atoms with Crippen LogP contribution in [0.3, 0.4) is 0 Å². The van der Waals surface area contributed by atoms with Crippen molar-refractivity contribution in [1.82, 2.24) is 9.97 Å². The lowest BCUT2D eigenvalue weighted by Crippen LogP contribution is -2.20. The molecule has 0 saturated carbocycles. The van der Waals surface area contributed by atoms with Crippen LogP contribution in [0.1, 0.15) is 48.2 Å². The highest BCUT2D eigenvalue weighted by Gasteiger charge is 2.16. The van der Waals surface area contributed by atoms with E-state index >= 15 is 0 Å². The maximum Gasteiger partial charge on any atom is 0.258 e. The molecule has 6 nitrogen and oxygen atoms in total. The number of nitrogens with one attached hydrogen (secondary N) is 2. The molecule has 1 aliphatic heterocycles. The number of anilines is 2. The number of nitrogens with zero attached hydrogens (tertiary/aromatic N) is 2. The van der Waals surface area contributed by atoms with E-state index in [0.717, 1.165) is 49.1 Å². The normalized spacial score (nSPS) is 16.5. The molecule has 1 amide bonds. The van der Waals surface area contributed by atoms with E-state index in [9.17, 15) is 4.79 Å². The van der Waals surface area contributed by atoms with Gasteiger partial charge in [0.15, 0.2) is 0 Å². The van der Waals surface area contributed by atoms with Crippen molar-refractivity contribution >= 4 is 17.5 Å². The van der Waals surface area contributed by atoms with Gasteiger partial charge in [-0.25, -0.2) is 9.97 Å². The maximum atomic E-state index is 12.6. The molecule has 0 bridgehead atoms. The zero-order valence-electron chi connectivity index (χ0n) is 15.4. The fourth-order valence-corrected chi connectivity index (χ4v) is 3.14. The van der Waals surface area contributed by atoms with Crippen LogP contribution in [0.5, 0.6) is 0 Å². The van der Waals surface area contributed by atoms with E-state index in [1.54, 1.807) is 12.4 Å². The second kappa shape index (κ2) is 8.76. The molecule has 2 aromatic rings. The van der Waals surface area contributed by atoms with Crippen LogP contribution in [0.2, 0.25) is 0 Å². The third-order valence-electron chi connectivity index (χ3n) is 4.66. The summed E-state index contributed by atoms with van der Waals surface area (Å²) in [6.07, 6.45) is 7.23. The van der Waals surface area contributed by atoms with E-state index in [0.29, 0.717) is 18.1 Å². The maximum absolute atomic E-state index is 12.6. The Labute approximate surface area is 154 Å². The monoisotopic (exact) mass is 354 g/mol. The lowest BCUT2D eigenvalue weighted by molar-refractivity contribution is 0.102. The summed E-state index contributed by atoms with van der Waals surface area (Å²) in [4.78, 5) is 21.1. The highest BCUT2D eigenvalue weighted by Crippen LogP contribution is 2.23. The van der Waals surface area contributed by atoms with E-state index in [4.69, 9.17) is 4.74 Å². The molecule has 1 fully saturated rings. The van der Waals surface area contributed by atoms with Gasteiger partial charge in [-0.15, -0.1) is 0 Å². The van der Waals surface area contributed by atoms with Gasteiger partial charge in [0.1, 0.15) is 0 Å². The molecule has 1 atom stereocenters. The number of ether oxygens (including phenoxy) is 1. The molecule has 0 spiro atoms. The van der Waals surface area contributed by atoms with Crippen LogP contribution in [-0.2, 0) is 17.6 Å². The minimum Gasteiger partial charge on any atom is -0.376 e. The Kier molecular flexibility index (Phi) is 6.17. The number of rotatable bonds is 7. The number of hydrogen-bond acceptors (Lipinski definition) is 5.